The number of carbonyl (C=O) groups is 1. The molecule has 0 aromatic carbocycles. The fourth-order valence-corrected chi connectivity index (χ4v) is 0.661. The van der Waals surface area contributed by atoms with Crippen LogP contribution in [0.1, 0.15) is 34.6 Å². The van der Waals surface area contributed by atoms with Crippen molar-refractivity contribution in [1.82, 2.24) is 0 Å². The highest BCUT2D eigenvalue weighted by molar-refractivity contribution is 5.95. The van der Waals surface area contributed by atoms with Crippen molar-refractivity contribution in [2.45, 2.75) is 40.8 Å². The van der Waals surface area contributed by atoms with E-state index < -0.39 is 22.8 Å². The van der Waals surface area contributed by atoms with Crippen LogP contribution in [0, 0.1) is 10.8 Å². The Morgan fingerprint density at radius 3 is 1.69 bits per heavy atom. The molecule has 0 radical (unpaired) electrons. The van der Waals surface area contributed by atoms with Crippen molar-refractivity contribution in [3.05, 3.63) is 11.8 Å². The molecule has 1 N–H and O–H groups in total. The molecular formula is C11H17F3O2. The highest BCUT2D eigenvalue weighted by atomic mass is 19.4. The molecule has 0 atom stereocenters. The van der Waals surface area contributed by atoms with Gasteiger partial charge >= 0.3 is 6.18 Å². The molecule has 0 aliphatic rings. The molecule has 0 heterocycles. The van der Waals surface area contributed by atoms with Crippen molar-refractivity contribution in [3.8, 4) is 0 Å². The molecule has 0 saturated heterocycles. The van der Waals surface area contributed by atoms with Gasteiger partial charge in [0.05, 0.1) is 0 Å². The molecule has 0 aromatic rings. The van der Waals surface area contributed by atoms with E-state index in [-0.39, 0.29) is 5.76 Å². The lowest BCUT2D eigenvalue weighted by Gasteiger charge is -2.25. The summed E-state index contributed by atoms with van der Waals surface area (Å²) in [6.07, 6.45) is -3.97. The van der Waals surface area contributed by atoms with Crippen LogP contribution in [0.2, 0.25) is 0 Å². The number of hydrogen-bond acceptors (Lipinski definition) is 2. The van der Waals surface area contributed by atoms with Crippen molar-refractivity contribution in [1.29, 1.82) is 0 Å². The van der Waals surface area contributed by atoms with Crippen LogP contribution >= 0.6 is 0 Å². The fraction of sp³-hybridized carbons (Fsp3) is 0.727. The van der Waals surface area contributed by atoms with Gasteiger partial charge in [0.2, 0.25) is 0 Å². The summed E-state index contributed by atoms with van der Waals surface area (Å²) in [4.78, 5) is 11.4. The summed E-state index contributed by atoms with van der Waals surface area (Å²) in [5.41, 5.74) is -3.22. The van der Waals surface area contributed by atoms with Gasteiger partial charge in [-0.3, -0.25) is 4.79 Å². The van der Waals surface area contributed by atoms with Gasteiger partial charge in [-0.1, -0.05) is 20.8 Å². The van der Waals surface area contributed by atoms with Crippen LogP contribution < -0.4 is 0 Å². The van der Waals surface area contributed by atoms with Crippen molar-refractivity contribution < 1.29 is 23.1 Å². The predicted octanol–water partition coefficient (Wildman–Crippen LogP) is 3.63. The zero-order chi connectivity index (χ0) is 13.4. The number of halogens is 3. The number of hydrogen-bond donors (Lipinski definition) is 1. The first-order valence-electron chi connectivity index (χ1n) is 4.82. The van der Waals surface area contributed by atoms with E-state index in [4.69, 9.17) is 0 Å². The molecular weight excluding hydrogens is 221 g/mol. The molecule has 0 aliphatic carbocycles. The lowest BCUT2D eigenvalue weighted by atomic mass is 9.84. The minimum atomic E-state index is -4.63. The van der Waals surface area contributed by atoms with Crippen LogP contribution in [0.3, 0.4) is 0 Å². The standard InChI is InChI=1S/C11H17F3O2/c1-9(2,3)7(15)6-8(16)10(4,5)11(12,13)14/h6,15H,1-5H3. The zero-order valence-electron chi connectivity index (χ0n) is 10.1. The lowest BCUT2D eigenvalue weighted by molar-refractivity contribution is -0.207. The maximum Gasteiger partial charge on any atom is 0.401 e. The number of allylic oxidation sites excluding steroid dienone is 2. The Labute approximate surface area is 93.2 Å². The minimum absolute atomic E-state index is 0.352. The fourth-order valence-electron chi connectivity index (χ4n) is 0.661. The topological polar surface area (TPSA) is 37.3 Å². The summed E-state index contributed by atoms with van der Waals surface area (Å²) in [5, 5.41) is 9.46. The number of carbonyl (C=O) groups excluding carboxylic acids is 1. The molecule has 0 aromatic heterocycles. The highest BCUT2D eigenvalue weighted by Gasteiger charge is 2.52. The van der Waals surface area contributed by atoms with E-state index in [1.807, 2.05) is 0 Å². The van der Waals surface area contributed by atoms with Crippen LogP contribution in [0.4, 0.5) is 13.2 Å². The van der Waals surface area contributed by atoms with E-state index in [0.29, 0.717) is 6.08 Å². The Hall–Kier alpha value is -1.00. The van der Waals surface area contributed by atoms with Gasteiger partial charge in [-0.15, -0.1) is 0 Å². The Bertz CT molecular complexity index is 306. The van der Waals surface area contributed by atoms with E-state index >= 15 is 0 Å². The monoisotopic (exact) mass is 238 g/mol. The van der Waals surface area contributed by atoms with Gasteiger partial charge < -0.3 is 5.11 Å². The second kappa shape index (κ2) is 4.11. The molecule has 0 saturated carbocycles. The Kier molecular flexibility index (Phi) is 3.85. The number of ketones is 1. The Morgan fingerprint density at radius 1 is 1.06 bits per heavy atom. The molecule has 0 spiro atoms. The second-order valence-electron chi connectivity index (χ2n) is 5.27. The van der Waals surface area contributed by atoms with Gasteiger partial charge in [0, 0.05) is 11.5 Å². The zero-order valence-corrected chi connectivity index (χ0v) is 10.1. The van der Waals surface area contributed by atoms with Gasteiger partial charge in [-0.05, 0) is 13.8 Å². The third-order valence-electron chi connectivity index (χ3n) is 2.36. The minimum Gasteiger partial charge on any atom is -0.512 e. The van der Waals surface area contributed by atoms with E-state index in [0.717, 1.165) is 13.8 Å². The largest absolute Gasteiger partial charge is 0.512 e. The van der Waals surface area contributed by atoms with Crippen LogP contribution in [-0.4, -0.2) is 17.1 Å². The van der Waals surface area contributed by atoms with Crippen molar-refractivity contribution >= 4 is 5.78 Å². The maximum absolute atomic E-state index is 12.5. The number of rotatable bonds is 2. The normalized spacial score (nSPS) is 15.1. The molecule has 94 valence electrons. The predicted molar refractivity (Wildman–Crippen MR) is 55.0 cm³/mol. The first-order valence-corrected chi connectivity index (χ1v) is 4.82. The molecule has 16 heavy (non-hydrogen) atoms. The molecule has 0 rings (SSSR count). The number of alkyl halides is 3. The Morgan fingerprint density at radius 2 is 1.44 bits per heavy atom. The molecule has 0 aliphatic heterocycles. The third kappa shape index (κ3) is 3.25. The molecule has 2 nitrogen and oxygen atoms in total. The summed E-state index contributed by atoms with van der Waals surface area (Å²) >= 11 is 0. The molecule has 5 heteroatoms. The summed E-state index contributed by atoms with van der Waals surface area (Å²) in [6.45, 7) is 6.40. The van der Waals surface area contributed by atoms with Crippen LogP contribution in [0.5, 0.6) is 0 Å². The Balaban J connectivity index is 5.13. The van der Waals surface area contributed by atoms with Gasteiger partial charge in [-0.25, -0.2) is 0 Å². The van der Waals surface area contributed by atoms with Crippen LogP contribution in [0.15, 0.2) is 11.8 Å². The average molecular weight is 238 g/mol. The van der Waals surface area contributed by atoms with E-state index in [1.165, 1.54) is 0 Å². The highest BCUT2D eigenvalue weighted by Crippen LogP contribution is 2.39. The number of aliphatic hydroxyl groups excluding tert-OH is 1. The summed E-state index contributed by atoms with van der Waals surface area (Å²) < 4.78 is 37.5. The molecule has 0 amide bonds. The van der Waals surface area contributed by atoms with Gasteiger partial charge in [0.1, 0.15) is 11.2 Å². The van der Waals surface area contributed by atoms with Gasteiger partial charge in [0.25, 0.3) is 0 Å². The van der Waals surface area contributed by atoms with Crippen molar-refractivity contribution in [2.75, 3.05) is 0 Å². The second-order valence-corrected chi connectivity index (χ2v) is 5.27. The average Bonchev–Trinajstić information content (AvgIpc) is 1.99. The summed E-state index contributed by atoms with van der Waals surface area (Å²) in [5.74, 6) is -1.50. The van der Waals surface area contributed by atoms with E-state index in [1.54, 1.807) is 20.8 Å². The van der Waals surface area contributed by atoms with E-state index in [9.17, 15) is 23.1 Å². The first-order chi connectivity index (χ1) is 6.80. The molecule has 0 unspecified atom stereocenters. The van der Waals surface area contributed by atoms with Crippen molar-refractivity contribution in [3.63, 3.8) is 0 Å². The quantitative estimate of drug-likeness (QED) is 0.589. The maximum atomic E-state index is 12.5. The third-order valence-corrected chi connectivity index (χ3v) is 2.36. The molecule has 0 fully saturated rings. The number of aliphatic hydroxyl groups is 1. The summed E-state index contributed by atoms with van der Waals surface area (Å²) in [6, 6.07) is 0. The van der Waals surface area contributed by atoms with Crippen LogP contribution in [-0.2, 0) is 4.79 Å². The SMILES string of the molecule is CC(C)(C)C(O)=CC(=O)C(C)(C)C(F)(F)F. The molecule has 0 bridgehead atoms. The van der Waals surface area contributed by atoms with E-state index in [2.05, 4.69) is 0 Å². The summed E-state index contributed by atoms with van der Waals surface area (Å²) in [7, 11) is 0. The van der Waals surface area contributed by atoms with Crippen LogP contribution in [0.25, 0.3) is 0 Å². The van der Waals surface area contributed by atoms with Gasteiger partial charge in [-0.2, -0.15) is 13.2 Å². The lowest BCUT2D eigenvalue weighted by Crippen LogP contribution is -2.39. The van der Waals surface area contributed by atoms with Gasteiger partial charge in [0.15, 0.2) is 5.78 Å². The van der Waals surface area contributed by atoms with Crippen molar-refractivity contribution in [2.24, 2.45) is 10.8 Å². The smallest absolute Gasteiger partial charge is 0.401 e. The first kappa shape index (κ1) is 15.0.